The summed E-state index contributed by atoms with van der Waals surface area (Å²) in [6, 6.07) is 7.23. The van der Waals surface area contributed by atoms with Crippen molar-refractivity contribution in [1.29, 1.82) is 0 Å². The van der Waals surface area contributed by atoms with Crippen molar-refractivity contribution in [2.45, 2.75) is 26.4 Å². The van der Waals surface area contributed by atoms with Gasteiger partial charge in [0.25, 0.3) is 0 Å². The van der Waals surface area contributed by atoms with Crippen molar-refractivity contribution < 1.29 is 14.3 Å². The molecular weight excluding hydrogens is 218 g/mol. The third-order valence-corrected chi connectivity index (χ3v) is 1.83. The van der Waals surface area contributed by atoms with Crippen molar-refractivity contribution in [3.63, 3.8) is 0 Å². The summed E-state index contributed by atoms with van der Waals surface area (Å²) in [4.78, 5) is 15.0. The largest absolute Gasteiger partial charge is 0.497 e. The van der Waals surface area contributed by atoms with Crippen LogP contribution in [-0.2, 0) is 4.74 Å². The first-order valence-corrected chi connectivity index (χ1v) is 5.32. The van der Waals surface area contributed by atoms with E-state index in [4.69, 9.17) is 9.47 Å². The second-order valence-corrected chi connectivity index (χ2v) is 4.51. The first kappa shape index (κ1) is 13.2. The van der Waals surface area contributed by atoms with E-state index in [1.165, 1.54) is 6.21 Å². The van der Waals surface area contributed by atoms with E-state index in [0.29, 0.717) is 0 Å². The van der Waals surface area contributed by atoms with E-state index in [2.05, 4.69) is 4.99 Å². The zero-order valence-electron chi connectivity index (χ0n) is 10.6. The summed E-state index contributed by atoms with van der Waals surface area (Å²) in [7, 11) is 1.60. The number of ether oxygens (including phenoxy) is 2. The van der Waals surface area contributed by atoms with Crippen LogP contribution in [0.15, 0.2) is 29.3 Å². The molecule has 4 heteroatoms. The molecule has 92 valence electrons. The molecule has 1 aromatic rings. The topological polar surface area (TPSA) is 47.9 Å². The summed E-state index contributed by atoms with van der Waals surface area (Å²) in [6.45, 7) is 5.40. The quantitative estimate of drug-likeness (QED) is 0.740. The maximum Gasteiger partial charge on any atom is 0.434 e. The van der Waals surface area contributed by atoms with E-state index < -0.39 is 11.7 Å². The number of nitrogens with zero attached hydrogens (tertiary/aromatic N) is 1. The Morgan fingerprint density at radius 2 is 1.82 bits per heavy atom. The maximum atomic E-state index is 11.3. The van der Waals surface area contributed by atoms with Crippen LogP contribution in [0.1, 0.15) is 26.3 Å². The highest BCUT2D eigenvalue weighted by Gasteiger charge is 2.14. The SMILES string of the molecule is COc1ccc(C=NC(=O)OC(C)(C)C)cc1. The van der Waals surface area contributed by atoms with Crippen molar-refractivity contribution in [2.75, 3.05) is 7.11 Å². The van der Waals surface area contributed by atoms with Gasteiger partial charge in [0, 0.05) is 6.21 Å². The van der Waals surface area contributed by atoms with Gasteiger partial charge in [-0.15, -0.1) is 0 Å². The summed E-state index contributed by atoms with van der Waals surface area (Å²) in [5.41, 5.74) is 0.297. The van der Waals surface area contributed by atoms with Gasteiger partial charge in [-0.1, -0.05) is 0 Å². The van der Waals surface area contributed by atoms with Crippen molar-refractivity contribution in [3.8, 4) is 5.75 Å². The van der Waals surface area contributed by atoms with Crippen LogP contribution in [0.5, 0.6) is 5.75 Å². The Balaban J connectivity index is 2.61. The lowest BCUT2D eigenvalue weighted by Crippen LogP contribution is -2.21. The maximum absolute atomic E-state index is 11.3. The Morgan fingerprint density at radius 1 is 1.24 bits per heavy atom. The van der Waals surface area contributed by atoms with Gasteiger partial charge in [0.15, 0.2) is 0 Å². The van der Waals surface area contributed by atoms with Gasteiger partial charge >= 0.3 is 6.09 Å². The van der Waals surface area contributed by atoms with Crippen LogP contribution in [0.2, 0.25) is 0 Å². The Hall–Kier alpha value is -1.84. The van der Waals surface area contributed by atoms with Crippen LogP contribution in [0.25, 0.3) is 0 Å². The number of methoxy groups -OCH3 is 1. The number of hydrogen-bond donors (Lipinski definition) is 0. The zero-order valence-corrected chi connectivity index (χ0v) is 10.6. The van der Waals surface area contributed by atoms with Crippen LogP contribution >= 0.6 is 0 Å². The van der Waals surface area contributed by atoms with E-state index >= 15 is 0 Å². The highest BCUT2D eigenvalue weighted by molar-refractivity contribution is 5.89. The minimum atomic E-state index is -0.590. The highest BCUT2D eigenvalue weighted by Crippen LogP contribution is 2.11. The molecule has 0 aliphatic carbocycles. The smallest absolute Gasteiger partial charge is 0.434 e. The minimum absolute atomic E-state index is 0.520. The lowest BCUT2D eigenvalue weighted by Gasteiger charge is -2.17. The Kier molecular flexibility index (Phi) is 4.26. The average molecular weight is 235 g/mol. The molecule has 4 nitrogen and oxygen atoms in total. The Bertz CT molecular complexity index is 402. The summed E-state index contributed by atoms with van der Waals surface area (Å²) >= 11 is 0. The lowest BCUT2D eigenvalue weighted by atomic mass is 10.2. The summed E-state index contributed by atoms with van der Waals surface area (Å²) < 4.78 is 10.1. The van der Waals surface area contributed by atoms with Gasteiger partial charge in [-0.25, -0.2) is 4.79 Å². The summed E-state index contributed by atoms with van der Waals surface area (Å²) in [5.74, 6) is 0.763. The zero-order chi connectivity index (χ0) is 12.9. The molecule has 0 heterocycles. The van der Waals surface area contributed by atoms with E-state index in [1.807, 2.05) is 12.1 Å². The monoisotopic (exact) mass is 235 g/mol. The van der Waals surface area contributed by atoms with Gasteiger partial charge in [-0.3, -0.25) is 0 Å². The molecule has 0 fully saturated rings. The number of aliphatic imine (C=N–C) groups is 1. The number of hydrogen-bond acceptors (Lipinski definition) is 3. The predicted octanol–water partition coefficient (Wildman–Crippen LogP) is 3.05. The third kappa shape index (κ3) is 5.15. The lowest BCUT2D eigenvalue weighted by molar-refractivity contribution is 0.0605. The van der Waals surface area contributed by atoms with E-state index in [-0.39, 0.29) is 0 Å². The first-order chi connectivity index (χ1) is 7.90. The number of carbonyl (C=O) groups is 1. The van der Waals surface area contributed by atoms with Gasteiger partial charge in [-0.05, 0) is 50.6 Å². The molecule has 0 saturated carbocycles. The fourth-order valence-corrected chi connectivity index (χ4v) is 1.11. The normalized spacial score (nSPS) is 11.5. The molecule has 0 aliphatic rings. The van der Waals surface area contributed by atoms with E-state index in [1.54, 1.807) is 40.0 Å². The van der Waals surface area contributed by atoms with Crippen LogP contribution in [0, 0.1) is 0 Å². The molecule has 0 spiro atoms. The summed E-state index contributed by atoms with van der Waals surface area (Å²) in [6.07, 6.45) is 0.876. The first-order valence-electron chi connectivity index (χ1n) is 5.32. The molecule has 0 aliphatic heterocycles. The van der Waals surface area contributed by atoms with Crippen LogP contribution < -0.4 is 4.74 Å². The van der Waals surface area contributed by atoms with Crippen molar-refractivity contribution in [2.24, 2.45) is 4.99 Å². The molecule has 0 unspecified atom stereocenters. The van der Waals surface area contributed by atoms with Crippen molar-refractivity contribution in [3.05, 3.63) is 29.8 Å². The molecule has 1 rings (SSSR count). The predicted molar refractivity (Wildman–Crippen MR) is 66.8 cm³/mol. The van der Waals surface area contributed by atoms with Crippen LogP contribution in [-0.4, -0.2) is 25.0 Å². The Morgan fingerprint density at radius 3 is 2.29 bits per heavy atom. The molecule has 0 radical (unpaired) electrons. The molecule has 0 bridgehead atoms. The van der Waals surface area contributed by atoms with Crippen LogP contribution in [0.4, 0.5) is 4.79 Å². The van der Waals surface area contributed by atoms with Gasteiger partial charge in [0.05, 0.1) is 7.11 Å². The molecule has 1 amide bonds. The summed E-state index contributed by atoms with van der Waals surface area (Å²) in [5, 5.41) is 0. The van der Waals surface area contributed by atoms with E-state index in [9.17, 15) is 4.79 Å². The minimum Gasteiger partial charge on any atom is -0.497 e. The van der Waals surface area contributed by atoms with Crippen molar-refractivity contribution in [1.82, 2.24) is 0 Å². The molecule has 0 aromatic heterocycles. The molecule has 0 saturated heterocycles. The second-order valence-electron chi connectivity index (χ2n) is 4.51. The fraction of sp³-hybridized carbons (Fsp3) is 0.385. The highest BCUT2D eigenvalue weighted by atomic mass is 16.6. The van der Waals surface area contributed by atoms with Crippen LogP contribution in [0.3, 0.4) is 0 Å². The number of carbonyl (C=O) groups excluding carboxylic acids is 1. The standard InChI is InChI=1S/C13H17NO3/c1-13(2,3)17-12(15)14-9-10-5-7-11(16-4)8-6-10/h5-9H,1-4H3. The molecular formula is C13H17NO3. The number of benzene rings is 1. The Labute approximate surface area is 101 Å². The second kappa shape index (κ2) is 5.48. The molecule has 17 heavy (non-hydrogen) atoms. The molecule has 0 atom stereocenters. The number of rotatable bonds is 2. The molecule has 0 N–H and O–H groups in total. The van der Waals surface area contributed by atoms with Gasteiger partial charge in [0.1, 0.15) is 11.4 Å². The van der Waals surface area contributed by atoms with Crippen molar-refractivity contribution >= 4 is 12.3 Å². The average Bonchev–Trinajstić information content (AvgIpc) is 2.25. The van der Waals surface area contributed by atoms with Gasteiger partial charge in [0.2, 0.25) is 0 Å². The van der Waals surface area contributed by atoms with E-state index in [0.717, 1.165) is 11.3 Å². The fourth-order valence-electron chi connectivity index (χ4n) is 1.11. The van der Waals surface area contributed by atoms with Gasteiger partial charge in [-0.2, -0.15) is 4.99 Å². The van der Waals surface area contributed by atoms with Gasteiger partial charge < -0.3 is 9.47 Å². The third-order valence-electron chi connectivity index (χ3n) is 1.83. The number of amides is 1. The molecule has 1 aromatic carbocycles.